The van der Waals surface area contributed by atoms with Gasteiger partial charge >= 0.3 is 0 Å². The number of nitrogens with zero attached hydrogens (tertiary/aromatic N) is 2. The van der Waals surface area contributed by atoms with Gasteiger partial charge in [0.25, 0.3) is 5.91 Å². The molecule has 2 N–H and O–H groups in total. The van der Waals surface area contributed by atoms with E-state index in [-0.39, 0.29) is 10.8 Å². The van der Waals surface area contributed by atoms with E-state index < -0.39 is 10.0 Å². The van der Waals surface area contributed by atoms with Gasteiger partial charge in [0.15, 0.2) is 0 Å². The van der Waals surface area contributed by atoms with Crippen molar-refractivity contribution in [3.05, 3.63) is 29.3 Å². The van der Waals surface area contributed by atoms with E-state index in [9.17, 15) is 13.2 Å². The molecule has 1 aromatic rings. The van der Waals surface area contributed by atoms with Crippen LogP contribution in [0.2, 0.25) is 0 Å². The van der Waals surface area contributed by atoms with Crippen LogP contribution in [0.15, 0.2) is 23.1 Å². The maximum Gasteiger partial charge on any atom is 0.251 e. The van der Waals surface area contributed by atoms with Crippen LogP contribution in [0.25, 0.3) is 0 Å². The summed E-state index contributed by atoms with van der Waals surface area (Å²) in [6.07, 6.45) is 1.95. The molecule has 1 heterocycles. The first-order chi connectivity index (χ1) is 12.3. The standard InChI is InChI=1S/C18H30N4O3S/c1-15-6-7-16(26(24,25)19-2)14-17(15)18(23)20-8-4-5-9-22-12-10-21(3)11-13-22/h6-7,14,19H,4-5,8-13H2,1-3H3,(H,20,23). The summed E-state index contributed by atoms with van der Waals surface area (Å²) in [7, 11) is -0.0545. The number of aryl methyl sites for hydroxylation is 1. The summed E-state index contributed by atoms with van der Waals surface area (Å²) in [6, 6.07) is 4.60. The molecule has 0 spiro atoms. The van der Waals surface area contributed by atoms with Crippen molar-refractivity contribution in [2.75, 3.05) is 53.4 Å². The Balaban J connectivity index is 1.80. The second-order valence-corrected chi connectivity index (χ2v) is 8.68. The monoisotopic (exact) mass is 382 g/mol. The molecule has 1 aliphatic rings. The number of hydrogen-bond donors (Lipinski definition) is 2. The molecule has 1 fully saturated rings. The molecular weight excluding hydrogens is 352 g/mol. The van der Waals surface area contributed by atoms with Crippen LogP contribution in [0.3, 0.4) is 0 Å². The van der Waals surface area contributed by atoms with E-state index in [0.29, 0.717) is 12.1 Å². The fourth-order valence-electron chi connectivity index (χ4n) is 2.96. The summed E-state index contributed by atoms with van der Waals surface area (Å²) in [5, 5.41) is 2.90. The van der Waals surface area contributed by atoms with Crippen molar-refractivity contribution >= 4 is 15.9 Å². The van der Waals surface area contributed by atoms with E-state index in [4.69, 9.17) is 0 Å². The SMILES string of the molecule is CNS(=O)(=O)c1ccc(C)c(C(=O)NCCCCN2CCN(C)CC2)c1. The zero-order chi connectivity index (χ0) is 19.2. The summed E-state index contributed by atoms with van der Waals surface area (Å²) in [5.41, 5.74) is 1.16. The molecule has 1 aromatic carbocycles. The molecule has 0 aromatic heterocycles. The van der Waals surface area contributed by atoms with Crippen molar-refractivity contribution in [3.63, 3.8) is 0 Å². The zero-order valence-corrected chi connectivity index (χ0v) is 16.7. The zero-order valence-electron chi connectivity index (χ0n) is 15.9. The van der Waals surface area contributed by atoms with Gasteiger partial charge in [-0.2, -0.15) is 0 Å². The van der Waals surface area contributed by atoms with Crippen LogP contribution in [0.5, 0.6) is 0 Å². The van der Waals surface area contributed by atoms with Crippen molar-refractivity contribution in [2.24, 2.45) is 0 Å². The smallest absolute Gasteiger partial charge is 0.251 e. The largest absolute Gasteiger partial charge is 0.352 e. The van der Waals surface area contributed by atoms with Crippen LogP contribution in [0, 0.1) is 6.92 Å². The Morgan fingerprint density at radius 1 is 1.15 bits per heavy atom. The highest BCUT2D eigenvalue weighted by Crippen LogP contribution is 2.15. The third kappa shape index (κ3) is 5.77. The van der Waals surface area contributed by atoms with Crippen LogP contribution < -0.4 is 10.0 Å². The van der Waals surface area contributed by atoms with Crippen LogP contribution in [-0.4, -0.2) is 77.5 Å². The first-order valence-corrected chi connectivity index (χ1v) is 10.5. The lowest BCUT2D eigenvalue weighted by molar-refractivity contribution is 0.0951. The van der Waals surface area contributed by atoms with Crippen molar-refractivity contribution in [2.45, 2.75) is 24.7 Å². The molecule has 0 unspecified atom stereocenters. The predicted octanol–water partition coefficient (Wildman–Crippen LogP) is 0.661. The lowest BCUT2D eigenvalue weighted by Crippen LogP contribution is -2.44. The van der Waals surface area contributed by atoms with Crippen molar-refractivity contribution < 1.29 is 13.2 Å². The molecule has 1 amide bonds. The van der Waals surface area contributed by atoms with E-state index in [1.165, 1.54) is 19.2 Å². The van der Waals surface area contributed by atoms with Gasteiger partial charge < -0.3 is 15.1 Å². The summed E-state index contributed by atoms with van der Waals surface area (Å²) >= 11 is 0. The minimum Gasteiger partial charge on any atom is -0.352 e. The Labute approximate surface area is 156 Å². The first-order valence-electron chi connectivity index (χ1n) is 9.07. The fourth-order valence-corrected chi connectivity index (χ4v) is 3.72. The molecule has 8 heteroatoms. The van der Waals surface area contributed by atoms with Crippen LogP contribution in [0.1, 0.15) is 28.8 Å². The summed E-state index contributed by atoms with van der Waals surface area (Å²) in [5.74, 6) is -0.227. The number of rotatable bonds is 8. The topological polar surface area (TPSA) is 81.7 Å². The Hall–Kier alpha value is -1.48. The molecule has 146 valence electrons. The molecule has 0 bridgehead atoms. The third-order valence-corrected chi connectivity index (χ3v) is 6.23. The summed E-state index contributed by atoms with van der Waals surface area (Å²) < 4.78 is 26.1. The molecule has 0 radical (unpaired) electrons. The Morgan fingerprint density at radius 2 is 1.85 bits per heavy atom. The quantitative estimate of drug-likeness (QED) is 0.646. The van der Waals surface area contributed by atoms with Crippen molar-refractivity contribution in [1.29, 1.82) is 0 Å². The third-order valence-electron chi connectivity index (χ3n) is 4.82. The van der Waals surface area contributed by atoms with Gasteiger partial charge in [-0.1, -0.05) is 6.07 Å². The molecule has 0 saturated carbocycles. The van der Waals surface area contributed by atoms with Crippen molar-refractivity contribution in [1.82, 2.24) is 19.8 Å². The summed E-state index contributed by atoms with van der Waals surface area (Å²) in [6.45, 7) is 7.89. The highest BCUT2D eigenvalue weighted by Gasteiger charge is 2.16. The van der Waals surface area contributed by atoms with Gasteiger partial charge in [0.1, 0.15) is 0 Å². The van der Waals surface area contributed by atoms with Gasteiger partial charge in [-0.15, -0.1) is 0 Å². The maximum absolute atomic E-state index is 12.4. The molecule has 1 saturated heterocycles. The second-order valence-electron chi connectivity index (χ2n) is 6.79. The number of carbonyl (C=O) groups is 1. The molecule has 26 heavy (non-hydrogen) atoms. The fraction of sp³-hybridized carbons (Fsp3) is 0.611. The molecule has 7 nitrogen and oxygen atoms in total. The van der Waals surface area contributed by atoms with E-state index in [0.717, 1.165) is 51.1 Å². The van der Waals surface area contributed by atoms with Crippen molar-refractivity contribution in [3.8, 4) is 0 Å². The maximum atomic E-state index is 12.4. The van der Waals surface area contributed by atoms with Gasteiger partial charge in [-0.05, 0) is 58.1 Å². The molecule has 0 aliphatic carbocycles. The number of amides is 1. The lowest BCUT2D eigenvalue weighted by Gasteiger charge is -2.32. The predicted molar refractivity (Wildman–Crippen MR) is 103 cm³/mol. The Bertz CT molecular complexity index is 713. The van der Waals surface area contributed by atoms with Crippen LogP contribution in [-0.2, 0) is 10.0 Å². The Kier molecular flexibility index (Phi) is 7.57. The number of unbranched alkanes of at least 4 members (excludes halogenated alkanes) is 1. The number of likely N-dealkylation sites (N-methyl/N-ethyl adjacent to an activating group) is 1. The summed E-state index contributed by atoms with van der Waals surface area (Å²) in [4.78, 5) is 17.3. The normalized spacial score (nSPS) is 16.6. The number of carbonyl (C=O) groups excluding carboxylic acids is 1. The van der Waals surface area contributed by atoms with Gasteiger partial charge in [0.2, 0.25) is 10.0 Å². The number of sulfonamides is 1. The van der Waals surface area contributed by atoms with E-state index >= 15 is 0 Å². The van der Waals surface area contributed by atoms with Gasteiger partial charge in [-0.25, -0.2) is 13.1 Å². The number of nitrogens with one attached hydrogen (secondary N) is 2. The van der Waals surface area contributed by atoms with E-state index in [1.807, 2.05) is 0 Å². The van der Waals surface area contributed by atoms with Gasteiger partial charge in [0.05, 0.1) is 4.90 Å². The molecule has 2 rings (SSSR count). The van der Waals surface area contributed by atoms with Crippen LogP contribution >= 0.6 is 0 Å². The minimum absolute atomic E-state index is 0.103. The Morgan fingerprint density at radius 3 is 2.50 bits per heavy atom. The number of hydrogen-bond acceptors (Lipinski definition) is 5. The van der Waals surface area contributed by atoms with Crippen LogP contribution in [0.4, 0.5) is 0 Å². The van der Waals surface area contributed by atoms with E-state index in [1.54, 1.807) is 13.0 Å². The lowest BCUT2D eigenvalue weighted by atomic mass is 10.1. The second kappa shape index (κ2) is 9.45. The molecule has 0 atom stereocenters. The first kappa shape index (κ1) is 20.8. The van der Waals surface area contributed by atoms with E-state index in [2.05, 4.69) is 26.9 Å². The number of piperazine rings is 1. The molecular formula is C18H30N4O3S. The molecule has 1 aliphatic heterocycles. The highest BCUT2D eigenvalue weighted by atomic mass is 32.2. The van der Waals surface area contributed by atoms with Gasteiger partial charge in [0, 0.05) is 38.3 Å². The highest BCUT2D eigenvalue weighted by molar-refractivity contribution is 7.89. The van der Waals surface area contributed by atoms with Gasteiger partial charge in [-0.3, -0.25) is 4.79 Å². The minimum atomic E-state index is -3.56. The average molecular weight is 383 g/mol. The average Bonchev–Trinajstić information content (AvgIpc) is 2.63. The number of benzene rings is 1.